The Labute approximate surface area is 77.2 Å². The Morgan fingerprint density at radius 3 is 2.92 bits per heavy atom. The zero-order chi connectivity index (χ0) is 9.68. The first-order valence-electron chi connectivity index (χ1n) is 3.81. The van der Waals surface area contributed by atoms with Gasteiger partial charge in [-0.1, -0.05) is 12.0 Å². The van der Waals surface area contributed by atoms with Crippen molar-refractivity contribution in [1.82, 2.24) is 5.32 Å². The van der Waals surface area contributed by atoms with Crippen molar-refractivity contribution in [2.45, 2.75) is 0 Å². The zero-order valence-corrected chi connectivity index (χ0v) is 7.29. The first-order valence-corrected chi connectivity index (χ1v) is 3.81. The van der Waals surface area contributed by atoms with E-state index in [0.29, 0.717) is 5.69 Å². The van der Waals surface area contributed by atoms with Crippen LogP contribution in [0.15, 0.2) is 24.3 Å². The van der Waals surface area contributed by atoms with Crippen LogP contribution in [0.1, 0.15) is 5.56 Å². The van der Waals surface area contributed by atoms with Gasteiger partial charge >= 0.3 is 6.03 Å². The van der Waals surface area contributed by atoms with Crippen LogP contribution in [0.4, 0.5) is 10.5 Å². The van der Waals surface area contributed by atoms with E-state index in [1.165, 1.54) is 0 Å². The third-order valence-corrected chi connectivity index (χ3v) is 1.51. The summed E-state index contributed by atoms with van der Waals surface area (Å²) in [6, 6.07) is 6.84. The molecule has 0 saturated carbocycles. The molecule has 66 valence electrons. The third-order valence-electron chi connectivity index (χ3n) is 1.51. The van der Waals surface area contributed by atoms with Crippen LogP contribution in [-0.4, -0.2) is 13.1 Å². The molecule has 1 aromatic rings. The number of hydrogen-bond donors (Lipinski definition) is 2. The SMILES string of the molecule is C#Cc1cccc(NC(=O)NC)c1. The van der Waals surface area contributed by atoms with Gasteiger partial charge in [0.1, 0.15) is 0 Å². The number of carbonyl (C=O) groups is 1. The van der Waals surface area contributed by atoms with Crippen LogP contribution in [0.2, 0.25) is 0 Å². The smallest absolute Gasteiger partial charge is 0.318 e. The summed E-state index contributed by atoms with van der Waals surface area (Å²) < 4.78 is 0. The minimum atomic E-state index is -0.255. The maximum Gasteiger partial charge on any atom is 0.318 e. The number of benzene rings is 1. The predicted octanol–water partition coefficient (Wildman–Crippen LogP) is 1.42. The molecular formula is C10H10N2O. The summed E-state index contributed by atoms with van der Waals surface area (Å²) in [7, 11) is 1.56. The second-order valence-electron chi connectivity index (χ2n) is 2.43. The molecule has 3 heteroatoms. The van der Waals surface area contributed by atoms with Crippen molar-refractivity contribution in [2.24, 2.45) is 0 Å². The molecule has 3 nitrogen and oxygen atoms in total. The van der Waals surface area contributed by atoms with Crippen molar-refractivity contribution in [3.05, 3.63) is 29.8 Å². The first-order chi connectivity index (χ1) is 6.26. The highest BCUT2D eigenvalue weighted by Gasteiger charge is 1.97. The fraction of sp³-hybridized carbons (Fsp3) is 0.100. The molecule has 0 aromatic heterocycles. The van der Waals surface area contributed by atoms with Crippen LogP contribution < -0.4 is 10.6 Å². The minimum absolute atomic E-state index is 0.255. The van der Waals surface area contributed by atoms with Gasteiger partial charge in [0.25, 0.3) is 0 Å². The standard InChI is InChI=1S/C10H10N2O/c1-3-8-5-4-6-9(7-8)12-10(13)11-2/h1,4-7H,2H3,(H2,11,12,13). The van der Waals surface area contributed by atoms with Crippen molar-refractivity contribution >= 4 is 11.7 Å². The van der Waals surface area contributed by atoms with Crippen molar-refractivity contribution in [1.29, 1.82) is 0 Å². The van der Waals surface area contributed by atoms with Gasteiger partial charge < -0.3 is 10.6 Å². The van der Waals surface area contributed by atoms with Crippen LogP contribution in [0, 0.1) is 12.3 Å². The lowest BCUT2D eigenvalue weighted by Gasteiger charge is -2.03. The minimum Gasteiger partial charge on any atom is -0.341 e. The third kappa shape index (κ3) is 2.53. The van der Waals surface area contributed by atoms with Gasteiger partial charge in [-0.3, -0.25) is 0 Å². The normalized spacial score (nSPS) is 8.62. The summed E-state index contributed by atoms with van der Waals surface area (Å²) in [6.45, 7) is 0. The molecule has 0 aliphatic carbocycles. The Balaban J connectivity index is 2.79. The van der Waals surface area contributed by atoms with Crippen molar-refractivity contribution in [3.8, 4) is 12.3 Å². The van der Waals surface area contributed by atoms with Gasteiger partial charge in [-0.2, -0.15) is 0 Å². The summed E-state index contributed by atoms with van der Waals surface area (Å²) in [5.74, 6) is 2.49. The molecule has 0 radical (unpaired) electrons. The molecule has 0 bridgehead atoms. The number of rotatable bonds is 1. The Bertz CT molecular complexity index is 352. The van der Waals surface area contributed by atoms with Crippen LogP contribution in [-0.2, 0) is 0 Å². The van der Waals surface area contributed by atoms with E-state index in [-0.39, 0.29) is 6.03 Å². The predicted molar refractivity (Wildman–Crippen MR) is 52.5 cm³/mol. The number of amides is 2. The number of nitrogens with one attached hydrogen (secondary N) is 2. The van der Waals surface area contributed by atoms with Crippen LogP contribution in [0.25, 0.3) is 0 Å². The van der Waals surface area contributed by atoms with E-state index >= 15 is 0 Å². The molecule has 13 heavy (non-hydrogen) atoms. The second-order valence-corrected chi connectivity index (χ2v) is 2.43. The molecule has 2 amide bonds. The summed E-state index contributed by atoms with van der Waals surface area (Å²) in [4.78, 5) is 10.9. The summed E-state index contributed by atoms with van der Waals surface area (Å²) >= 11 is 0. The molecule has 0 saturated heterocycles. The van der Waals surface area contributed by atoms with Gasteiger partial charge in [0, 0.05) is 18.3 Å². The number of urea groups is 1. The average Bonchev–Trinajstić information content (AvgIpc) is 2.18. The fourth-order valence-electron chi connectivity index (χ4n) is 0.880. The van der Waals surface area contributed by atoms with Gasteiger partial charge in [0.05, 0.1) is 0 Å². The number of anilines is 1. The maximum atomic E-state index is 10.9. The highest BCUT2D eigenvalue weighted by molar-refractivity contribution is 5.89. The molecule has 1 rings (SSSR count). The van der Waals surface area contributed by atoms with Crippen molar-refractivity contribution < 1.29 is 4.79 Å². The Morgan fingerprint density at radius 1 is 1.54 bits per heavy atom. The quantitative estimate of drug-likeness (QED) is 0.621. The van der Waals surface area contributed by atoms with Gasteiger partial charge in [0.15, 0.2) is 0 Å². The highest BCUT2D eigenvalue weighted by Crippen LogP contribution is 2.08. The molecule has 2 N–H and O–H groups in total. The van der Waals surface area contributed by atoms with Crippen molar-refractivity contribution in [2.75, 3.05) is 12.4 Å². The molecule has 0 atom stereocenters. The summed E-state index contributed by atoms with van der Waals surface area (Å²) in [5.41, 5.74) is 1.43. The zero-order valence-electron chi connectivity index (χ0n) is 7.29. The summed E-state index contributed by atoms with van der Waals surface area (Å²) in [5, 5.41) is 5.07. The molecule has 0 aliphatic heterocycles. The lowest BCUT2D eigenvalue weighted by Crippen LogP contribution is -2.24. The van der Waals surface area contributed by atoms with Crippen molar-refractivity contribution in [3.63, 3.8) is 0 Å². The van der Waals surface area contributed by atoms with Crippen LogP contribution in [0.3, 0.4) is 0 Å². The molecule has 0 spiro atoms. The topological polar surface area (TPSA) is 41.1 Å². The van der Waals surface area contributed by atoms with Gasteiger partial charge in [-0.25, -0.2) is 4.79 Å². The average molecular weight is 174 g/mol. The molecule has 0 aliphatic rings. The lowest BCUT2D eigenvalue weighted by molar-refractivity contribution is 0.254. The largest absolute Gasteiger partial charge is 0.341 e. The monoisotopic (exact) mass is 174 g/mol. The molecule has 0 unspecified atom stereocenters. The van der Waals surface area contributed by atoms with E-state index in [2.05, 4.69) is 16.6 Å². The van der Waals surface area contributed by atoms with E-state index in [1.807, 2.05) is 0 Å². The van der Waals surface area contributed by atoms with Crippen LogP contribution >= 0.6 is 0 Å². The Morgan fingerprint density at radius 2 is 2.31 bits per heavy atom. The maximum absolute atomic E-state index is 10.9. The van der Waals surface area contributed by atoms with Crippen LogP contribution in [0.5, 0.6) is 0 Å². The Kier molecular flexibility index (Phi) is 2.93. The van der Waals surface area contributed by atoms with Gasteiger partial charge in [-0.15, -0.1) is 6.42 Å². The molecule has 0 heterocycles. The number of hydrogen-bond acceptors (Lipinski definition) is 1. The van der Waals surface area contributed by atoms with E-state index in [1.54, 1.807) is 31.3 Å². The fourth-order valence-corrected chi connectivity index (χ4v) is 0.880. The molecule has 1 aromatic carbocycles. The highest BCUT2D eigenvalue weighted by atomic mass is 16.2. The second kappa shape index (κ2) is 4.17. The van der Waals surface area contributed by atoms with E-state index in [0.717, 1.165) is 5.56 Å². The number of terminal acetylenes is 1. The number of carbonyl (C=O) groups excluding carboxylic acids is 1. The summed E-state index contributed by atoms with van der Waals surface area (Å²) in [6.07, 6.45) is 5.20. The first kappa shape index (κ1) is 9.14. The van der Waals surface area contributed by atoms with Gasteiger partial charge in [0.2, 0.25) is 0 Å². The molecular weight excluding hydrogens is 164 g/mol. The van der Waals surface area contributed by atoms with E-state index in [4.69, 9.17) is 6.42 Å². The van der Waals surface area contributed by atoms with Gasteiger partial charge in [-0.05, 0) is 18.2 Å². The Hall–Kier alpha value is -1.95. The molecule has 0 fully saturated rings. The lowest BCUT2D eigenvalue weighted by atomic mass is 10.2. The van der Waals surface area contributed by atoms with E-state index < -0.39 is 0 Å². The van der Waals surface area contributed by atoms with E-state index in [9.17, 15) is 4.79 Å².